The first-order valence-corrected chi connectivity index (χ1v) is 4.17. The van der Waals surface area contributed by atoms with Gasteiger partial charge in [-0.15, -0.1) is 0 Å². The minimum atomic E-state index is 0.219. The van der Waals surface area contributed by atoms with Crippen LogP contribution in [0.5, 0.6) is 0 Å². The quantitative estimate of drug-likeness (QED) is 0.488. The summed E-state index contributed by atoms with van der Waals surface area (Å²) in [6.45, 7) is 4.08. The third-order valence-corrected chi connectivity index (χ3v) is 2.03. The molecule has 1 atom stereocenters. The Morgan fingerprint density at radius 2 is 2.09 bits per heavy atom. The van der Waals surface area contributed by atoms with Gasteiger partial charge < -0.3 is 5.73 Å². The van der Waals surface area contributed by atoms with Crippen LogP contribution in [0.25, 0.3) is 0 Å². The highest BCUT2D eigenvalue weighted by Crippen LogP contribution is 2.27. The molecule has 1 unspecified atom stereocenters. The molecule has 0 amide bonds. The lowest BCUT2D eigenvalue weighted by Crippen LogP contribution is -1.97. The standard InChI is InChI=1S/C9H13NS/c1-6-4-3-5-8(10)9(6)7(2)11/h3-5,7,11H,10H2,1-2H3. The summed E-state index contributed by atoms with van der Waals surface area (Å²) < 4.78 is 0. The van der Waals surface area contributed by atoms with Crippen LogP contribution in [0, 0.1) is 6.92 Å². The average molecular weight is 167 g/mol. The summed E-state index contributed by atoms with van der Waals surface area (Å²) in [6, 6.07) is 5.93. The Morgan fingerprint density at radius 1 is 1.45 bits per heavy atom. The largest absolute Gasteiger partial charge is 0.398 e. The molecule has 2 heteroatoms. The number of benzene rings is 1. The summed E-state index contributed by atoms with van der Waals surface area (Å²) in [6.07, 6.45) is 0. The van der Waals surface area contributed by atoms with Crippen LogP contribution in [-0.4, -0.2) is 0 Å². The summed E-state index contributed by atoms with van der Waals surface area (Å²) in [5, 5.41) is 0.219. The van der Waals surface area contributed by atoms with Crippen molar-refractivity contribution in [1.29, 1.82) is 0 Å². The third-order valence-electron chi connectivity index (χ3n) is 1.78. The molecular weight excluding hydrogens is 154 g/mol. The van der Waals surface area contributed by atoms with Gasteiger partial charge in [-0.05, 0) is 31.0 Å². The lowest BCUT2D eigenvalue weighted by molar-refractivity contribution is 1.09. The van der Waals surface area contributed by atoms with Gasteiger partial charge in [-0.1, -0.05) is 12.1 Å². The molecule has 0 heterocycles. The van der Waals surface area contributed by atoms with Crippen LogP contribution in [0.15, 0.2) is 18.2 Å². The Hall–Kier alpha value is -0.630. The van der Waals surface area contributed by atoms with Gasteiger partial charge in [-0.2, -0.15) is 12.6 Å². The lowest BCUT2D eigenvalue weighted by Gasteiger charge is -2.11. The lowest BCUT2D eigenvalue weighted by atomic mass is 10.0. The van der Waals surface area contributed by atoms with Crippen molar-refractivity contribution >= 4 is 18.3 Å². The number of nitrogen functional groups attached to an aromatic ring is 1. The maximum atomic E-state index is 5.77. The zero-order valence-electron chi connectivity index (χ0n) is 6.83. The van der Waals surface area contributed by atoms with E-state index in [4.69, 9.17) is 5.73 Å². The molecule has 0 aliphatic carbocycles. The molecule has 0 aliphatic rings. The normalized spacial score (nSPS) is 13.0. The summed E-state index contributed by atoms with van der Waals surface area (Å²) in [4.78, 5) is 0. The number of anilines is 1. The Balaban J connectivity index is 3.21. The molecule has 0 spiro atoms. The van der Waals surface area contributed by atoms with E-state index in [-0.39, 0.29) is 5.25 Å². The molecule has 1 aromatic carbocycles. The highest BCUT2D eigenvalue weighted by atomic mass is 32.1. The second kappa shape index (κ2) is 3.18. The molecule has 1 nitrogen and oxygen atoms in total. The number of hydrogen-bond donors (Lipinski definition) is 2. The second-order valence-corrected chi connectivity index (χ2v) is 3.53. The molecule has 0 fully saturated rings. The molecule has 11 heavy (non-hydrogen) atoms. The third kappa shape index (κ3) is 1.69. The maximum Gasteiger partial charge on any atom is 0.0360 e. The van der Waals surface area contributed by atoms with Gasteiger partial charge in [0.05, 0.1) is 0 Å². The number of nitrogens with two attached hydrogens (primary N) is 1. The fourth-order valence-corrected chi connectivity index (χ4v) is 1.63. The molecule has 1 aromatic rings. The van der Waals surface area contributed by atoms with Crippen molar-refractivity contribution < 1.29 is 0 Å². The van der Waals surface area contributed by atoms with Gasteiger partial charge in [0.25, 0.3) is 0 Å². The highest BCUT2D eigenvalue weighted by molar-refractivity contribution is 7.80. The van der Waals surface area contributed by atoms with E-state index < -0.39 is 0 Å². The minimum absolute atomic E-state index is 0.219. The van der Waals surface area contributed by atoms with Gasteiger partial charge in [0.1, 0.15) is 0 Å². The van der Waals surface area contributed by atoms with Crippen molar-refractivity contribution in [2.45, 2.75) is 19.1 Å². The molecule has 1 rings (SSSR count). The number of thiol groups is 1. The Morgan fingerprint density at radius 3 is 2.45 bits per heavy atom. The van der Waals surface area contributed by atoms with E-state index in [0.29, 0.717) is 0 Å². The first kappa shape index (κ1) is 8.47. The van der Waals surface area contributed by atoms with Crippen LogP contribution in [0.2, 0.25) is 0 Å². The fraction of sp³-hybridized carbons (Fsp3) is 0.333. The van der Waals surface area contributed by atoms with Crippen molar-refractivity contribution in [3.05, 3.63) is 29.3 Å². The van der Waals surface area contributed by atoms with Crippen LogP contribution in [-0.2, 0) is 0 Å². The molecule has 0 aromatic heterocycles. The van der Waals surface area contributed by atoms with Crippen LogP contribution in [0.4, 0.5) is 5.69 Å². The molecule has 0 radical (unpaired) electrons. The summed E-state index contributed by atoms with van der Waals surface area (Å²) in [5.74, 6) is 0. The Kier molecular flexibility index (Phi) is 2.45. The second-order valence-electron chi connectivity index (χ2n) is 2.75. The van der Waals surface area contributed by atoms with Crippen molar-refractivity contribution in [2.24, 2.45) is 0 Å². The number of hydrogen-bond acceptors (Lipinski definition) is 2. The number of rotatable bonds is 1. The minimum Gasteiger partial charge on any atom is -0.398 e. The first-order chi connectivity index (χ1) is 5.13. The van der Waals surface area contributed by atoms with Gasteiger partial charge >= 0.3 is 0 Å². The molecule has 0 saturated carbocycles. The van der Waals surface area contributed by atoms with E-state index in [9.17, 15) is 0 Å². The zero-order chi connectivity index (χ0) is 8.43. The van der Waals surface area contributed by atoms with Crippen molar-refractivity contribution in [3.63, 3.8) is 0 Å². The zero-order valence-corrected chi connectivity index (χ0v) is 7.73. The molecule has 0 aliphatic heterocycles. The van der Waals surface area contributed by atoms with Gasteiger partial charge in [-0.3, -0.25) is 0 Å². The van der Waals surface area contributed by atoms with E-state index in [1.165, 1.54) is 5.56 Å². The van der Waals surface area contributed by atoms with E-state index in [0.717, 1.165) is 11.3 Å². The van der Waals surface area contributed by atoms with E-state index in [1.54, 1.807) is 0 Å². The molecule has 60 valence electrons. The van der Waals surface area contributed by atoms with Crippen LogP contribution in [0.3, 0.4) is 0 Å². The molecular formula is C9H13NS. The molecule has 2 N–H and O–H groups in total. The van der Waals surface area contributed by atoms with Gasteiger partial charge in [0.2, 0.25) is 0 Å². The van der Waals surface area contributed by atoms with Crippen LogP contribution < -0.4 is 5.73 Å². The first-order valence-electron chi connectivity index (χ1n) is 3.66. The maximum absolute atomic E-state index is 5.77. The van der Waals surface area contributed by atoms with Gasteiger partial charge in [0.15, 0.2) is 0 Å². The topological polar surface area (TPSA) is 26.0 Å². The van der Waals surface area contributed by atoms with Crippen LogP contribution in [0.1, 0.15) is 23.3 Å². The summed E-state index contributed by atoms with van der Waals surface area (Å²) in [7, 11) is 0. The highest BCUT2D eigenvalue weighted by Gasteiger charge is 2.06. The summed E-state index contributed by atoms with van der Waals surface area (Å²) in [5.41, 5.74) is 8.98. The van der Waals surface area contributed by atoms with E-state index in [2.05, 4.69) is 25.6 Å². The van der Waals surface area contributed by atoms with Crippen molar-refractivity contribution in [3.8, 4) is 0 Å². The summed E-state index contributed by atoms with van der Waals surface area (Å²) >= 11 is 4.35. The predicted octanol–water partition coefficient (Wildman–Crippen LogP) is 2.57. The van der Waals surface area contributed by atoms with Crippen LogP contribution >= 0.6 is 12.6 Å². The SMILES string of the molecule is Cc1cccc(N)c1C(C)S. The fourth-order valence-electron chi connectivity index (χ4n) is 1.27. The van der Waals surface area contributed by atoms with E-state index >= 15 is 0 Å². The number of aryl methyl sites for hydroxylation is 1. The molecule has 0 bridgehead atoms. The average Bonchev–Trinajstić information content (AvgIpc) is 1.85. The van der Waals surface area contributed by atoms with E-state index in [1.807, 2.05) is 19.1 Å². The van der Waals surface area contributed by atoms with Crippen molar-refractivity contribution in [1.82, 2.24) is 0 Å². The predicted molar refractivity (Wildman–Crippen MR) is 53.0 cm³/mol. The van der Waals surface area contributed by atoms with Crippen molar-refractivity contribution in [2.75, 3.05) is 5.73 Å². The van der Waals surface area contributed by atoms with Gasteiger partial charge in [-0.25, -0.2) is 0 Å². The molecule has 0 saturated heterocycles. The van der Waals surface area contributed by atoms with Gasteiger partial charge in [0, 0.05) is 10.9 Å². The Bertz CT molecular complexity index is 235. The Labute approximate surface area is 73.0 Å². The smallest absolute Gasteiger partial charge is 0.0360 e. The monoisotopic (exact) mass is 167 g/mol.